The third-order valence-electron chi connectivity index (χ3n) is 6.06. The molecule has 0 fully saturated rings. The van der Waals surface area contributed by atoms with E-state index in [9.17, 15) is 35.9 Å². The first kappa shape index (κ1) is 30.9. The monoisotopic (exact) mass is 579 g/mol. The molecule has 1 aromatic heterocycles. The number of carbonyl (C=O) groups is 1. The normalized spacial score (nSPS) is 11.9. The minimum atomic E-state index is -5.08. The van der Waals surface area contributed by atoms with E-state index in [1.165, 1.54) is 31.2 Å². The van der Waals surface area contributed by atoms with E-state index >= 15 is 0 Å². The van der Waals surface area contributed by atoms with Gasteiger partial charge in [-0.3, -0.25) is 13.9 Å². The molecule has 216 valence electrons. The van der Waals surface area contributed by atoms with Crippen LogP contribution in [-0.2, 0) is 17.9 Å². The number of aliphatic carboxylic acids is 1. The quantitative estimate of drug-likeness (QED) is 0.320. The summed E-state index contributed by atoms with van der Waals surface area (Å²) < 4.78 is 77.2. The van der Waals surface area contributed by atoms with E-state index < -0.39 is 53.4 Å². The highest BCUT2D eigenvalue weighted by atomic mass is 19.4. The molecular weight excluding hydrogens is 556 g/mol. The summed E-state index contributed by atoms with van der Waals surface area (Å²) >= 11 is 0. The molecule has 0 spiro atoms. The number of rotatable bonds is 6. The maximum absolute atomic E-state index is 14.7. The molecule has 4 aromatic rings. The molecule has 0 radical (unpaired) electrons. The number of nitrogens with two attached hydrogens (primary N) is 1. The summed E-state index contributed by atoms with van der Waals surface area (Å²) in [6.45, 7) is 0.763. The molecule has 1 atom stereocenters. The molecule has 0 aliphatic heterocycles. The fourth-order valence-electron chi connectivity index (χ4n) is 3.97. The maximum atomic E-state index is 14.7. The molecule has 3 N–H and O–H groups in total. The van der Waals surface area contributed by atoms with Crippen LogP contribution in [0.3, 0.4) is 0 Å². The summed E-state index contributed by atoms with van der Waals surface area (Å²) in [7, 11) is 0. The average molecular weight is 579 g/mol. The van der Waals surface area contributed by atoms with Gasteiger partial charge in [0.1, 0.15) is 17.5 Å². The summed E-state index contributed by atoms with van der Waals surface area (Å²) in [6.07, 6.45) is -5.08. The Morgan fingerprint density at radius 2 is 1.37 bits per heavy atom. The molecular formula is C28H23F6N3O4. The van der Waals surface area contributed by atoms with Crippen LogP contribution in [0.4, 0.5) is 26.3 Å². The molecule has 0 aliphatic carbocycles. The van der Waals surface area contributed by atoms with Crippen molar-refractivity contribution in [1.82, 2.24) is 9.13 Å². The Bertz CT molecular complexity index is 1650. The predicted molar refractivity (Wildman–Crippen MR) is 138 cm³/mol. The van der Waals surface area contributed by atoms with Crippen molar-refractivity contribution in [3.8, 4) is 11.1 Å². The van der Waals surface area contributed by atoms with Gasteiger partial charge < -0.3 is 10.8 Å². The minimum absolute atomic E-state index is 0.0187. The number of benzene rings is 3. The van der Waals surface area contributed by atoms with Gasteiger partial charge in [0.25, 0.3) is 5.56 Å². The van der Waals surface area contributed by atoms with Crippen LogP contribution < -0.4 is 17.0 Å². The van der Waals surface area contributed by atoms with E-state index in [1.807, 2.05) is 0 Å². The highest BCUT2D eigenvalue weighted by Gasteiger charge is 2.38. The average Bonchev–Trinajstić information content (AvgIpc) is 2.92. The van der Waals surface area contributed by atoms with Gasteiger partial charge in [-0.05, 0) is 30.7 Å². The fourth-order valence-corrected chi connectivity index (χ4v) is 3.97. The molecule has 0 amide bonds. The van der Waals surface area contributed by atoms with E-state index in [0.717, 1.165) is 21.3 Å². The fraction of sp³-hybridized carbons (Fsp3) is 0.179. The van der Waals surface area contributed by atoms with Crippen molar-refractivity contribution in [2.75, 3.05) is 0 Å². The SMILES string of the molecule is Cc1c(-c2ccccc2F)c(=O)n(CC(N)c2ccccc2)c(=O)n1Cc1c(F)cccc1F.O=C(O)C(F)(F)F. The van der Waals surface area contributed by atoms with Gasteiger partial charge in [0.2, 0.25) is 0 Å². The molecule has 0 bridgehead atoms. The van der Waals surface area contributed by atoms with Crippen LogP contribution in [0.2, 0.25) is 0 Å². The molecule has 1 unspecified atom stereocenters. The first-order valence-corrected chi connectivity index (χ1v) is 11.9. The smallest absolute Gasteiger partial charge is 0.475 e. The lowest BCUT2D eigenvalue weighted by Crippen LogP contribution is -2.44. The van der Waals surface area contributed by atoms with Crippen LogP contribution in [0.15, 0.2) is 82.4 Å². The number of halogens is 6. The predicted octanol–water partition coefficient (Wildman–Crippen LogP) is 4.78. The Morgan fingerprint density at radius 1 is 0.854 bits per heavy atom. The number of nitrogens with zero attached hydrogens (tertiary/aromatic N) is 2. The lowest BCUT2D eigenvalue weighted by atomic mass is 10.0. The van der Waals surface area contributed by atoms with Crippen molar-refractivity contribution in [1.29, 1.82) is 0 Å². The van der Waals surface area contributed by atoms with Crippen molar-refractivity contribution in [3.63, 3.8) is 0 Å². The van der Waals surface area contributed by atoms with Crippen molar-refractivity contribution < 1.29 is 36.2 Å². The number of aromatic nitrogens is 2. The zero-order chi connectivity index (χ0) is 30.5. The first-order chi connectivity index (χ1) is 19.2. The van der Waals surface area contributed by atoms with Gasteiger partial charge in [0, 0.05) is 22.9 Å². The van der Waals surface area contributed by atoms with E-state index in [0.29, 0.717) is 5.56 Å². The topological polar surface area (TPSA) is 107 Å². The lowest BCUT2D eigenvalue weighted by molar-refractivity contribution is -0.192. The Hall–Kier alpha value is -4.65. The van der Waals surface area contributed by atoms with Crippen molar-refractivity contribution >= 4 is 5.97 Å². The van der Waals surface area contributed by atoms with Crippen molar-refractivity contribution in [3.05, 3.63) is 128 Å². The van der Waals surface area contributed by atoms with Crippen LogP contribution in [0.1, 0.15) is 22.9 Å². The summed E-state index contributed by atoms with van der Waals surface area (Å²) in [5.41, 5.74) is 5.09. The maximum Gasteiger partial charge on any atom is 0.490 e. The Morgan fingerprint density at radius 3 is 1.90 bits per heavy atom. The Balaban J connectivity index is 0.000000587. The van der Waals surface area contributed by atoms with E-state index in [4.69, 9.17) is 15.6 Å². The van der Waals surface area contributed by atoms with Crippen LogP contribution in [0.5, 0.6) is 0 Å². The van der Waals surface area contributed by atoms with Gasteiger partial charge in [-0.1, -0.05) is 54.6 Å². The van der Waals surface area contributed by atoms with E-state index in [2.05, 4.69) is 0 Å². The lowest BCUT2D eigenvalue weighted by Gasteiger charge is -2.20. The van der Waals surface area contributed by atoms with Crippen LogP contribution in [0, 0.1) is 24.4 Å². The van der Waals surface area contributed by atoms with Gasteiger partial charge in [-0.15, -0.1) is 0 Å². The Labute approximate surface area is 228 Å². The molecule has 13 heteroatoms. The summed E-state index contributed by atoms with van der Waals surface area (Å²) in [6, 6.07) is 17.2. The molecule has 7 nitrogen and oxygen atoms in total. The molecule has 1 heterocycles. The molecule has 41 heavy (non-hydrogen) atoms. The molecule has 0 saturated heterocycles. The van der Waals surface area contributed by atoms with E-state index in [-0.39, 0.29) is 28.9 Å². The van der Waals surface area contributed by atoms with Crippen molar-refractivity contribution in [2.45, 2.75) is 32.2 Å². The first-order valence-electron chi connectivity index (χ1n) is 11.9. The second kappa shape index (κ2) is 12.7. The van der Waals surface area contributed by atoms with Gasteiger partial charge in [0.15, 0.2) is 0 Å². The second-order valence-electron chi connectivity index (χ2n) is 8.75. The third-order valence-corrected chi connectivity index (χ3v) is 6.06. The highest BCUT2D eigenvalue weighted by molar-refractivity contribution is 5.73. The van der Waals surface area contributed by atoms with Gasteiger partial charge in [-0.25, -0.2) is 22.8 Å². The molecule has 3 aromatic carbocycles. The summed E-state index contributed by atoms with van der Waals surface area (Å²) in [5.74, 6) is -5.09. The van der Waals surface area contributed by atoms with Crippen LogP contribution in [0.25, 0.3) is 11.1 Å². The van der Waals surface area contributed by atoms with E-state index in [1.54, 1.807) is 36.4 Å². The molecule has 4 rings (SSSR count). The third kappa shape index (κ3) is 7.11. The summed E-state index contributed by atoms with van der Waals surface area (Å²) in [4.78, 5) is 35.7. The number of hydrogen-bond acceptors (Lipinski definition) is 4. The number of hydrogen-bond donors (Lipinski definition) is 2. The van der Waals surface area contributed by atoms with Gasteiger partial charge in [0.05, 0.1) is 18.7 Å². The van der Waals surface area contributed by atoms with Crippen LogP contribution >= 0.6 is 0 Å². The summed E-state index contributed by atoms with van der Waals surface area (Å²) in [5, 5.41) is 7.12. The zero-order valence-electron chi connectivity index (χ0n) is 21.3. The molecule has 0 saturated carbocycles. The second-order valence-corrected chi connectivity index (χ2v) is 8.75. The van der Waals surface area contributed by atoms with Crippen LogP contribution in [-0.4, -0.2) is 26.4 Å². The number of alkyl halides is 3. The zero-order valence-corrected chi connectivity index (χ0v) is 21.3. The van der Waals surface area contributed by atoms with Gasteiger partial charge >= 0.3 is 17.8 Å². The van der Waals surface area contributed by atoms with Gasteiger partial charge in [-0.2, -0.15) is 13.2 Å². The highest BCUT2D eigenvalue weighted by Crippen LogP contribution is 2.23. The standard InChI is InChI=1S/C26H22F3N3O2.C2HF3O2/c1-16-24(18-10-5-6-11-20(18)27)25(33)32(15-23(30)17-8-3-2-4-9-17)26(34)31(16)14-19-21(28)12-7-13-22(19)29;3-2(4,5)1(6)7/h2-13,23H,14-15,30H2,1H3;(H,6,7). The largest absolute Gasteiger partial charge is 0.490 e. The minimum Gasteiger partial charge on any atom is -0.475 e. The Kier molecular flexibility index (Phi) is 9.55. The molecule has 0 aliphatic rings. The van der Waals surface area contributed by atoms with Crippen molar-refractivity contribution in [2.24, 2.45) is 5.73 Å². The number of carboxylic acid groups (broad SMARTS) is 1. The number of carboxylic acids is 1.